The zero-order valence-electron chi connectivity index (χ0n) is 9.29. The molecule has 0 unspecified atom stereocenters. The molecule has 0 aromatic heterocycles. The van der Waals surface area contributed by atoms with E-state index in [1.54, 1.807) is 22.3 Å². The Morgan fingerprint density at radius 2 is 0.938 bits per heavy atom. The van der Waals surface area contributed by atoms with Crippen LogP contribution in [0.15, 0.2) is 36.4 Å². The van der Waals surface area contributed by atoms with Crippen LogP contribution >= 0.6 is 0 Å². The molecule has 0 bridgehead atoms. The van der Waals surface area contributed by atoms with Crippen LogP contribution in [0.5, 0.6) is 0 Å². The summed E-state index contributed by atoms with van der Waals surface area (Å²) in [6, 6.07) is 13.9. The van der Waals surface area contributed by atoms with E-state index in [2.05, 4.69) is 36.4 Å². The molecule has 0 fully saturated rings. The molecule has 0 saturated carbocycles. The van der Waals surface area contributed by atoms with Crippen molar-refractivity contribution in [2.45, 2.75) is 25.7 Å². The van der Waals surface area contributed by atoms with Crippen molar-refractivity contribution in [3.8, 4) is 11.1 Å². The van der Waals surface area contributed by atoms with Crippen LogP contribution in [-0.2, 0) is 25.7 Å². The first-order valence-corrected chi connectivity index (χ1v) is 6.14. The highest BCUT2D eigenvalue weighted by molar-refractivity contribution is 5.68. The highest BCUT2D eigenvalue weighted by atomic mass is 14.2. The molecule has 0 atom stereocenters. The first-order valence-electron chi connectivity index (χ1n) is 6.14. The predicted molar refractivity (Wildman–Crippen MR) is 66.7 cm³/mol. The molecule has 0 spiro atoms. The van der Waals surface area contributed by atoms with E-state index >= 15 is 0 Å². The average Bonchev–Trinajstić information content (AvgIpc) is 2.22. The molecule has 2 aromatic rings. The molecule has 2 aromatic carbocycles. The van der Waals surface area contributed by atoms with Crippen molar-refractivity contribution < 1.29 is 0 Å². The third-order valence-corrected chi connectivity index (χ3v) is 4.07. The third kappa shape index (κ3) is 1.10. The summed E-state index contributed by atoms with van der Waals surface area (Å²) in [5.41, 5.74) is 9.00. The van der Waals surface area contributed by atoms with Gasteiger partial charge >= 0.3 is 0 Å². The minimum Gasteiger partial charge on any atom is -0.0581 e. The smallest absolute Gasteiger partial charge is 0.0181 e. The second kappa shape index (κ2) is 2.98. The number of rotatable bonds is 1. The van der Waals surface area contributed by atoms with Gasteiger partial charge in [0.15, 0.2) is 0 Å². The number of hydrogen-bond donors (Lipinski definition) is 0. The highest BCUT2D eigenvalue weighted by Crippen LogP contribution is 2.32. The lowest BCUT2D eigenvalue weighted by molar-refractivity contribution is 0.837. The van der Waals surface area contributed by atoms with Gasteiger partial charge in [0, 0.05) is 0 Å². The maximum atomic E-state index is 2.37. The first-order chi connectivity index (χ1) is 7.90. The Morgan fingerprint density at radius 1 is 0.500 bits per heavy atom. The lowest BCUT2D eigenvalue weighted by atomic mass is 9.83. The summed E-state index contributed by atoms with van der Waals surface area (Å²) in [4.78, 5) is 0. The molecule has 2 aliphatic rings. The van der Waals surface area contributed by atoms with Crippen LogP contribution in [0.1, 0.15) is 22.3 Å². The van der Waals surface area contributed by atoms with E-state index in [9.17, 15) is 0 Å². The van der Waals surface area contributed by atoms with Crippen LogP contribution in [-0.4, -0.2) is 0 Å². The van der Waals surface area contributed by atoms with E-state index in [4.69, 9.17) is 0 Å². The van der Waals surface area contributed by atoms with Crippen LogP contribution in [0.4, 0.5) is 0 Å². The van der Waals surface area contributed by atoms with Crippen LogP contribution in [0.25, 0.3) is 11.1 Å². The number of hydrogen-bond acceptors (Lipinski definition) is 0. The minimum absolute atomic E-state index is 1.27. The molecule has 16 heavy (non-hydrogen) atoms. The van der Waals surface area contributed by atoms with Crippen molar-refractivity contribution in [3.05, 3.63) is 58.7 Å². The normalized spacial score (nSPS) is 15.8. The lowest BCUT2D eigenvalue weighted by Crippen LogP contribution is -2.09. The minimum atomic E-state index is 1.27. The van der Waals surface area contributed by atoms with Gasteiger partial charge in [-0.3, -0.25) is 0 Å². The number of fused-ring (bicyclic) bond motifs is 2. The maximum Gasteiger partial charge on any atom is -0.0181 e. The largest absolute Gasteiger partial charge is 0.0581 e. The van der Waals surface area contributed by atoms with Gasteiger partial charge in [0.2, 0.25) is 0 Å². The maximum absolute atomic E-state index is 2.37. The Morgan fingerprint density at radius 3 is 1.25 bits per heavy atom. The van der Waals surface area contributed by atoms with Gasteiger partial charge in [-0.2, -0.15) is 0 Å². The second-order valence-corrected chi connectivity index (χ2v) is 4.97. The summed E-state index contributed by atoms with van der Waals surface area (Å²) in [6.07, 6.45) is 5.10. The molecule has 0 saturated heterocycles. The Hall–Kier alpha value is -1.56. The van der Waals surface area contributed by atoms with Crippen LogP contribution in [0.2, 0.25) is 0 Å². The Bertz CT molecular complexity index is 525. The van der Waals surface area contributed by atoms with Crippen molar-refractivity contribution in [2.24, 2.45) is 0 Å². The first kappa shape index (κ1) is 8.58. The third-order valence-electron chi connectivity index (χ3n) is 4.07. The van der Waals surface area contributed by atoms with Crippen molar-refractivity contribution >= 4 is 0 Å². The molecule has 0 heteroatoms. The van der Waals surface area contributed by atoms with Gasteiger partial charge in [-0.15, -0.1) is 0 Å². The Kier molecular flexibility index (Phi) is 1.59. The Balaban J connectivity index is 1.82. The summed E-state index contributed by atoms with van der Waals surface area (Å²) in [6.45, 7) is 0. The van der Waals surface area contributed by atoms with Crippen molar-refractivity contribution in [2.75, 3.05) is 0 Å². The zero-order chi connectivity index (χ0) is 10.5. The van der Waals surface area contributed by atoms with Crippen LogP contribution in [0.3, 0.4) is 0 Å². The Labute approximate surface area is 95.9 Å². The topological polar surface area (TPSA) is 0 Å². The SMILES string of the molecule is c1cc2c(cc1-c1ccc3c(c1)CC3)CC2. The van der Waals surface area contributed by atoms with Gasteiger partial charge in [0.05, 0.1) is 0 Å². The molecule has 0 amide bonds. The van der Waals surface area contributed by atoms with Gasteiger partial charge in [-0.05, 0) is 59.1 Å². The summed E-state index contributed by atoms with van der Waals surface area (Å²) >= 11 is 0. The van der Waals surface area contributed by atoms with Crippen LogP contribution < -0.4 is 0 Å². The fourth-order valence-electron chi connectivity index (χ4n) is 2.75. The average molecular weight is 206 g/mol. The summed E-state index contributed by atoms with van der Waals surface area (Å²) < 4.78 is 0. The van der Waals surface area contributed by atoms with Crippen molar-refractivity contribution in [1.29, 1.82) is 0 Å². The standard InChI is InChI=1S/C16H14/c1-5-13-9-15(7-3-11(1)13)16-8-4-12-2-6-14(12)10-16/h3-4,7-10H,1-2,5-6H2. The molecule has 78 valence electrons. The van der Waals surface area contributed by atoms with Crippen molar-refractivity contribution in [3.63, 3.8) is 0 Å². The summed E-state index contributed by atoms with van der Waals surface area (Å²) in [7, 11) is 0. The molecule has 0 heterocycles. The highest BCUT2D eigenvalue weighted by Gasteiger charge is 2.16. The van der Waals surface area contributed by atoms with E-state index in [1.807, 2.05) is 0 Å². The van der Waals surface area contributed by atoms with E-state index in [-0.39, 0.29) is 0 Å². The van der Waals surface area contributed by atoms with E-state index in [0.717, 1.165) is 0 Å². The molecule has 4 rings (SSSR count). The van der Waals surface area contributed by atoms with E-state index < -0.39 is 0 Å². The fraction of sp³-hybridized carbons (Fsp3) is 0.250. The monoisotopic (exact) mass is 206 g/mol. The molecule has 0 N–H and O–H groups in total. The lowest BCUT2D eigenvalue weighted by Gasteiger charge is -2.22. The molecular weight excluding hydrogens is 192 g/mol. The van der Waals surface area contributed by atoms with Gasteiger partial charge in [-0.25, -0.2) is 0 Å². The molecule has 0 aliphatic heterocycles. The van der Waals surface area contributed by atoms with Crippen molar-refractivity contribution in [1.82, 2.24) is 0 Å². The number of aryl methyl sites for hydroxylation is 4. The molecule has 0 nitrogen and oxygen atoms in total. The quantitative estimate of drug-likeness (QED) is 0.669. The van der Waals surface area contributed by atoms with Gasteiger partial charge in [0.25, 0.3) is 0 Å². The second-order valence-electron chi connectivity index (χ2n) is 4.97. The number of benzene rings is 2. The molecular formula is C16H14. The van der Waals surface area contributed by atoms with Gasteiger partial charge in [0.1, 0.15) is 0 Å². The van der Waals surface area contributed by atoms with Gasteiger partial charge in [-0.1, -0.05) is 36.4 Å². The van der Waals surface area contributed by atoms with Crippen LogP contribution in [0, 0.1) is 0 Å². The van der Waals surface area contributed by atoms with E-state index in [0.29, 0.717) is 0 Å². The zero-order valence-corrected chi connectivity index (χ0v) is 9.29. The molecule has 2 aliphatic carbocycles. The predicted octanol–water partition coefficient (Wildman–Crippen LogP) is 3.55. The fourth-order valence-corrected chi connectivity index (χ4v) is 2.75. The summed E-state index contributed by atoms with van der Waals surface area (Å²) in [5.74, 6) is 0. The summed E-state index contributed by atoms with van der Waals surface area (Å²) in [5, 5.41) is 0. The van der Waals surface area contributed by atoms with Gasteiger partial charge < -0.3 is 0 Å². The molecule has 0 radical (unpaired) electrons. The van der Waals surface area contributed by atoms with E-state index in [1.165, 1.54) is 36.8 Å².